The molecule has 0 spiro atoms. The first-order valence-electron chi connectivity index (χ1n) is 6.51. The minimum atomic E-state index is -2.91. The molecule has 1 saturated carbocycles. The summed E-state index contributed by atoms with van der Waals surface area (Å²) in [4.78, 5) is 15.8. The second-order valence-corrected chi connectivity index (χ2v) is 5.45. The highest BCUT2D eigenvalue weighted by molar-refractivity contribution is 5.98. The highest BCUT2D eigenvalue weighted by Crippen LogP contribution is 2.60. The Labute approximate surface area is 120 Å². The maximum atomic E-state index is 13.1. The molecule has 0 aliphatic heterocycles. The Morgan fingerprint density at radius 2 is 2.10 bits per heavy atom. The van der Waals surface area contributed by atoms with Crippen LogP contribution in [0.25, 0.3) is 0 Å². The van der Waals surface area contributed by atoms with Crippen LogP contribution in [0, 0.1) is 5.41 Å². The fourth-order valence-electron chi connectivity index (χ4n) is 2.11. The molecule has 0 aromatic carbocycles. The predicted octanol–water partition coefficient (Wildman–Crippen LogP) is 2.31. The lowest BCUT2D eigenvalue weighted by Gasteiger charge is -2.09. The number of carbonyl (C=O) groups excluding carboxylic acids is 1. The van der Waals surface area contributed by atoms with Gasteiger partial charge in [0.15, 0.2) is 0 Å². The van der Waals surface area contributed by atoms with Crippen LogP contribution < -0.4 is 5.32 Å². The summed E-state index contributed by atoms with van der Waals surface area (Å²) in [7, 11) is 0. The molecule has 5 nitrogen and oxygen atoms in total. The number of alkyl halides is 2. The Morgan fingerprint density at radius 3 is 2.71 bits per heavy atom. The number of amides is 1. The van der Waals surface area contributed by atoms with E-state index in [4.69, 9.17) is 0 Å². The molecule has 1 fully saturated rings. The van der Waals surface area contributed by atoms with E-state index in [1.165, 1.54) is 13.1 Å². The molecular formula is C14H14F2N4O. The van der Waals surface area contributed by atoms with E-state index < -0.39 is 23.7 Å². The van der Waals surface area contributed by atoms with E-state index in [1.807, 2.05) is 12.1 Å². The molecule has 110 valence electrons. The van der Waals surface area contributed by atoms with E-state index in [-0.39, 0.29) is 0 Å². The van der Waals surface area contributed by atoms with E-state index in [0.717, 1.165) is 5.56 Å². The lowest BCUT2D eigenvalue weighted by Crippen LogP contribution is -2.26. The number of carbonyl (C=O) groups is 1. The van der Waals surface area contributed by atoms with Gasteiger partial charge in [0.2, 0.25) is 5.91 Å². The first-order valence-corrected chi connectivity index (χ1v) is 6.51. The number of hydrogen-bond donors (Lipinski definition) is 1. The predicted molar refractivity (Wildman–Crippen MR) is 71.9 cm³/mol. The van der Waals surface area contributed by atoms with Gasteiger partial charge in [-0.25, -0.2) is 8.78 Å². The first-order chi connectivity index (χ1) is 9.91. The third kappa shape index (κ3) is 2.51. The molecule has 2 heterocycles. The van der Waals surface area contributed by atoms with Crippen LogP contribution in [-0.4, -0.2) is 26.6 Å². The van der Waals surface area contributed by atoms with Gasteiger partial charge in [0.25, 0.3) is 5.92 Å². The monoisotopic (exact) mass is 292 g/mol. The maximum Gasteiger partial charge on any atom is 0.263 e. The normalized spacial score (nSPS) is 22.8. The van der Waals surface area contributed by atoms with Gasteiger partial charge in [0, 0.05) is 25.0 Å². The minimum absolute atomic E-state index is 0.406. The van der Waals surface area contributed by atoms with Crippen LogP contribution >= 0.6 is 0 Å². The van der Waals surface area contributed by atoms with Gasteiger partial charge in [0.1, 0.15) is 5.41 Å². The number of rotatable bonds is 4. The Bertz CT molecular complexity index is 671. The SMILES string of the molecule is CC1(C(=O)Nc2cnn(Cc3ccncc3)c2)CC1(F)F. The molecule has 0 bridgehead atoms. The molecule has 0 saturated heterocycles. The van der Waals surface area contributed by atoms with Crippen LogP contribution in [0.5, 0.6) is 0 Å². The van der Waals surface area contributed by atoms with Gasteiger partial charge >= 0.3 is 0 Å². The van der Waals surface area contributed by atoms with E-state index in [2.05, 4.69) is 15.4 Å². The van der Waals surface area contributed by atoms with Crippen LogP contribution in [0.15, 0.2) is 36.9 Å². The summed E-state index contributed by atoms with van der Waals surface area (Å²) in [5, 5.41) is 6.59. The topological polar surface area (TPSA) is 59.8 Å². The Morgan fingerprint density at radius 1 is 1.43 bits per heavy atom. The second kappa shape index (κ2) is 4.61. The summed E-state index contributed by atoms with van der Waals surface area (Å²) in [6.07, 6.45) is 6.01. The van der Waals surface area contributed by atoms with Gasteiger partial charge in [-0.1, -0.05) is 0 Å². The van der Waals surface area contributed by atoms with Crippen molar-refractivity contribution >= 4 is 11.6 Å². The zero-order valence-electron chi connectivity index (χ0n) is 11.4. The van der Waals surface area contributed by atoms with Gasteiger partial charge in [-0.05, 0) is 24.6 Å². The third-order valence-corrected chi connectivity index (χ3v) is 3.74. The van der Waals surface area contributed by atoms with Crippen LogP contribution in [-0.2, 0) is 11.3 Å². The van der Waals surface area contributed by atoms with Crippen molar-refractivity contribution in [3.8, 4) is 0 Å². The number of hydrogen-bond acceptors (Lipinski definition) is 3. The lowest BCUT2D eigenvalue weighted by atomic mass is 10.1. The number of anilines is 1. The molecule has 21 heavy (non-hydrogen) atoms. The molecule has 1 aliphatic carbocycles. The largest absolute Gasteiger partial charge is 0.323 e. The van der Waals surface area contributed by atoms with Gasteiger partial charge < -0.3 is 5.32 Å². The maximum absolute atomic E-state index is 13.1. The van der Waals surface area contributed by atoms with E-state index in [0.29, 0.717) is 12.2 Å². The minimum Gasteiger partial charge on any atom is -0.323 e. The van der Waals surface area contributed by atoms with Crippen LogP contribution in [0.4, 0.5) is 14.5 Å². The molecule has 1 atom stereocenters. The quantitative estimate of drug-likeness (QED) is 0.940. The molecule has 7 heteroatoms. The summed E-state index contributed by atoms with van der Waals surface area (Å²) >= 11 is 0. The summed E-state index contributed by atoms with van der Waals surface area (Å²) in [6, 6.07) is 3.71. The second-order valence-electron chi connectivity index (χ2n) is 5.45. The average Bonchev–Trinajstić information content (AvgIpc) is 2.77. The standard InChI is InChI=1S/C14H14F2N4O/c1-13(9-14(13,15)16)12(21)19-11-6-18-20(8-11)7-10-2-4-17-5-3-10/h2-6,8H,7,9H2,1H3,(H,19,21). The Kier molecular flexibility index (Phi) is 3.00. The number of aromatic nitrogens is 3. The Hall–Kier alpha value is -2.31. The van der Waals surface area contributed by atoms with Gasteiger partial charge in [-0.2, -0.15) is 5.10 Å². The van der Waals surface area contributed by atoms with Crippen molar-refractivity contribution in [2.45, 2.75) is 25.8 Å². The smallest absolute Gasteiger partial charge is 0.263 e. The van der Waals surface area contributed by atoms with Gasteiger partial charge in [-0.3, -0.25) is 14.5 Å². The van der Waals surface area contributed by atoms with Gasteiger partial charge in [-0.15, -0.1) is 0 Å². The zero-order chi connectivity index (χ0) is 15.1. The van der Waals surface area contributed by atoms with E-state index >= 15 is 0 Å². The first kappa shape index (κ1) is 13.7. The van der Waals surface area contributed by atoms with Gasteiger partial charge in [0.05, 0.1) is 18.4 Å². The van der Waals surface area contributed by atoms with Crippen LogP contribution in [0.2, 0.25) is 0 Å². The van der Waals surface area contributed by atoms with E-state index in [1.54, 1.807) is 23.3 Å². The van der Waals surface area contributed by atoms with Crippen LogP contribution in [0.3, 0.4) is 0 Å². The summed E-state index contributed by atoms with van der Waals surface area (Å²) in [5.74, 6) is -3.58. The number of halogens is 2. The molecule has 1 amide bonds. The van der Waals surface area contributed by atoms with Crippen molar-refractivity contribution in [2.75, 3.05) is 5.32 Å². The summed E-state index contributed by atoms with van der Waals surface area (Å²) in [6.45, 7) is 1.79. The molecular weight excluding hydrogens is 278 g/mol. The van der Waals surface area contributed by atoms with Crippen molar-refractivity contribution in [1.29, 1.82) is 0 Å². The fraction of sp³-hybridized carbons (Fsp3) is 0.357. The molecule has 0 radical (unpaired) electrons. The molecule has 3 rings (SSSR count). The lowest BCUT2D eigenvalue weighted by molar-refractivity contribution is -0.123. The molecule has 1 aliphatic rings. The third-order valence-electron chi connectivity index (χ3n) is 3.74. The highest BCUT2D eigenvalue weighted by Gasteiger charge is 2.72. The molecule has 2 aromatic heterocycles. The van der Waals surface area contributed by atoms with Crippen molar-refractivity contribution in [3.05, 3.63) is 42.5 Å². The molecule has 2 aromatic rings. The molecule has 1 unspecified atom stereocenters. The highest BCUT2D eigenvalue weighted by atomic mass is 19.3. The molecule has 1 N–H and O–H groups in total. The Balaban J connectivity index is 1.65. The zero-order valence-corrected chi connectivity index (χ0v) is 11.4. The summed E-state index contributed by atoms with van der Waals surface area (Å²) in [5.41, 5.74) is -0.176. The average molecular weight is 292 g/mol. The van der Waals surface area contributed by atoms with Crippen molar-refractivity contribution < 1.29 is 13.6 Å². The van der Waals surface area contributed by atoms with Crippen molar-refractivity contribution in [2.24, 2.45) is 5.41 Å². The van der Waals surface area contributed by atoms with Crippen molar-refractivity contribution in [1.82, 2.24) is 14.8 Å². The number of nitrogens with one attached hydrogen (secondary N) is 1. The summed E-state index contributed by atoms with van der Waals surface area (Å²) < 4.78 is 27.9. The van der Waals surface area contributed by atoms with Crippen molar-refractivity contribution in [3.63, 3.8) is 0 Å². The van der Waals surface area contributed by atoms with Crippen LogP contribution in [0.1, 0.15) is 18.9 Å². The van der Waals surface area contributed by atoms with E-state index in [9.17, 15) is 13.6 Å². The fourth-order valence-corrected chi connectivity index (χ4v) is 2.11. The number of pyridine rings is 1. The number of nitrogens with zero attached hydrogens (tertiary/aromatic N) is 3.